The summed E-state index contributed by atoms with van der Waals surface area (Å²) in [5.74, 6) is 1.16. The first kappa shape index (κ1) is 14.3. The quantitative estimate of drug-likeness (QED) is 0.880. The molecule has 2 saturated heterocycles. The van der Waals surface area contributed by atoms with E-state index >= 15 is 0 Å². The summed E-state index contributed by atoms with van der Waals surface area (Å²) in [7, 11) is 0. The van der Waals surface area contributed by atoms with E-state index in [1.54, 1.807) is 0 Å². The van der Waals surface area contributed by atoms with Crippen LogP contribution in [0.4, 0.5) is 5.82 Å². The molecule has 1 unspecified atom stereocenters. The minimum Gasteiger partial charge on any atom is -0.357 e. The molecule has 1 amide bonds. The molecule has 0 aromatic carbocycles. The summed E-state index contributed by atoms with van der Waals surface area (Å²) in [4.78, 5) is 18.9. The van der Waals surface area contributed by atoms with Gasteiger partial charge in [-0.15, -0.1) is 0 Å². The first-order chi connectivity index (χ1) is 10.3. The van der Waals surface area contributed by atoms with Crippen LogP contribution < -0.4 is 15.5 Å². The van der Waals surface area contributed by atoms with Crippen molar-refractivity contribution < 1.29 is 4.79 Å². The fourth-order valence-corrected chi connectivity index (χ4v) is 3.08. The molecule has 2 aliphatic rings. The van der Waals surface area contributed by atoms with Crippen LogP contribution in [0.25, 0.3) is 0 Å². The van der Waals surface area contributed by atoms with Crippen molar-refractivity contribution in [3.8, 4) is 0 Å². The first-order valence-electron chi connectivity index (χ1n) is 8.04. The Morgan fingerprint density at radius 1 is 1.33 bits per heavy atom. The summed E-state index contributed by atoms with van der Waals surface area (Å²) in [5, 5.41) is 6.32. The smallest absolute Gasteiger partial charge is 0.237 e. The molecule has 1 aromatic rings. The van der Waals surface area contributed by atoms with E-state index in [0.717, 1.165) is 43.9 Å². The monoisotopic (exact) mass is 288 g/mol. The third-order valence-electron chi connectivity index (χ3n) is 4.33. The minimum atomic E-state index is -0.0151. The number of anilines is 1. The maximum absolute atomic E-state index is 12.1. The van der Waals surface area contributed by atoms with E-state index in [1.165, 1.54) is 19.3 Å². The second-order valence-corrected chi connectivity index (χ2v) is 5.94. The molecule has 2 aliphatic heterocycles. The van der Waals surface area contributed by atoms with Gasteiger partial charge in [-0.25, -0.2) is 4.98 Å². The highest BCUT2D eigenvalue weighted by atomic mass is 16.2. The number of piperidine rings is 1. The third kappa shape index (κ3) is 3.73. The third-order valence-corrected chi connectivity index (χ3v) is 4.33. The molecule has 0 aliphatic carbocycles. The summed E-state index contributed by atoms with van der Waals surface area (Å²) in [6, 6.07) is 4.06. The zero-order valence-corrected chi connectivity index (χ0v) is 12.5. The molecule has 0 saturated carbocycles. The lowest BCUT2D eigenvalue weighted by Gasteiger charge is -2.22. The number of rotatable bonds is 4. The zero-order chi connectivity index (χ0) is 14.5. The van der Waals surface area contributed by atoms with Crippen molar-refractivity contribution in [2.45, 2.75) is 44.7 Å². The molecule has 1 aromatic heterocycles. The SMILES string of the molecule is O=C(NCc1ccnc(N2CCCC2)c1)C1CCCCN1. The van der Waals surface area contributed by atoms with Crippen LogP contribution in [-0.4, -0.2) is 36.6 Å². The summed E-state index contributed by atoms with van der Waals surface area (Å²) in [6.07, 6.45) is 7.59. The largest absolute Gasteiger partial charge is 0.357 e. The van der Waals surface area contributed by atoms with Crippen molar-refractivity contribution in [1.82, 2.24) is 15.6 Å². The summed E-state index contributed by atoms with van der Waals surface area (Å²) >= 11 is 0. The van der Waals surface area contributed by atoms with Crippen molar-refractivity contribution in [1.29, 1.82) is 0 Å². The van der Waals surface area contributed by atoms with Crippen LogP contribution in [0.1, 0.15) is 37.7 Å². The van der Waals surface area contributed by atoms with Gasteiger partial charge in [0.1, 0.15) is 5.82 Å². The number of hydrogen-bond acceptors (Lipinski definition) is 4. The Morgan fingerprint density at radius 2 is 2.19 bits per heavy atom. The molecule has 114 valence electrons. The second kappa shape index (κ2) is 6.89. The lowest BCUT2D eigenvalue weighted by atomic mass is 10.0. The molecule has 21 heavy (non-hydrogen) atoms. The van der Waals surface area contributed by atoms with Gasteiger partial charge in [0.25, 0.3) is 0 Å². The average Bonchev–Trinajstić information content (AvgIpc) is 3.08. The summed E-state index contributed by atoms with van der Waals surface area (Å²) in [5.41, 5.74) is 1.12. The van der Waals surface area contributed by atoms with Crippen LogP contribution >= 0.6 is 0 Å². The topological polar surface area (TPSA) is 57.3 Å². The molecule has 3 heterocycles. The molecule has 1 atom stereocenters. The van der Waals surface area contributed by atoms with Crippen molar-refractivity contribution in [3.63, 3.8) is 0 Å². The molecule has 0 bridgehead atoms. The second-order valence-electron chi connectivity index (χ2n) is 5.94. The van der Waals surface area contributed by atoms with Crippen molar-refractivity contribution in [2.75, 3.05) is 24.5 Å². The van der Waals surface area contributed by atoms with E-state index in [4.69, 9.17) is 0 Å². The van der Waals surface area contributed by atoms with Gasteiger partial charge in [-0.05, 0) is 49.9 Å². The fraction of sp³-hybridized carbons (Fsp3) is 0.625. The molecule has 5 heteroatoms. The van der Waals surface area contributed by atoms with Gasteiger partial charge in [-0.2, -0.15) is 0 Å². The number of nitrogens with one attached hydrogen (secondary N) is 2. The number of carbonyl (C=O) groups excluding carboxylic acids is 1. The van der Waals surface area contributed by atoms with Gasteiger partial charge in [0.2, 0.25) is 5.91 Å². The highest BCUT2D eigenvalue weighted by Gasteiger charge is 2.20. The maximum Gasteiger partial charge on any atom is 0.237 e. The van der Waals surface area contributed by atoms with E-state index in [1.807, 2.05) is 12.3 Å². The molecular formula is C16H24N4O. The number of hydrogen-bond donors (Lipinski definition) is 2. The van der Waals surface area contributed by atoms with Crippen molar-refractivity contribution >= 4 is 11.7 Å². The minimum absolute atomic E-state index is 0.0151. The van der Waals surface area contributed by atoms with E-state index in [0.29, 0.717) is 6.54 Å². The maximum atomic E-state index is 12.1. The highest BCUT2D eigenvalue weighted by Crippen LogP contribution is 2.18. The molecule has 0 spiro atoms. The van der Waals surface area contributed by atoms with Crippen LogP contribution in [0.15, 0.2) is 18.3 Å². The van der Waals surface area contributed by atoms with E-state index in [-0.39, 0.29) is 11.9 Å². The predicted molar refractivity (Wildman–Crippen MR) is 83.2 cm³/mol. The number of nitrogens with zero attached hydrogens (tertiary/aromatic N) is 2. The molecule has 2 N–H and O–H groups in total. The number of pyridine rings is 1. The van der Waals surface area contributed by atoms with E-state index in [2.05, 4.69) is 26.6 Å². The number of aromatic nitrogens is 1. The van der Waals surface area contributed by atoms with Crippen LogP contribution in [0.3, 0.4) is 0 Å². The highest BCUT2D eigenvalue weighted by molar-refractivity contribution is 5.81. The molecular weight excluding hydrogens is 264 g/mol. The number of carbonyl (C=O) groups is 1. The van der Waals surface area contributed by atoms with Gasteiger partial charge in [0, 0.05) is 25.8 Å². The van der Waals surface area contributed by atoms with Gasteiger partial charge in [0.05, 0.1) is 6.04 Å². The Labute approximate surface area is 126 Å². The molecule has 5 nitrogen and oxygen atoms in total. The standard InChI is InChI=1S/C16H24N4O/c21-16(14-5-1-2-7-17-14)19-12-13-6-8-18-15(11-13)20-9-3-4-10-20/h6,8,11,14,17H,1-5,7,9-10,12H2,(H,19,21). The lowest BCUT2D eigenvalue weighted by Crippen LogP contribution is -2.46. The molecule has 3 rings (SSSR count). The van der Waals surface area contributed by atoms with Gasteiger partial charge in [-0.1, -0.05) is 6.42 Å². The predicted octanol–water partition coefficient (Wildman–Crippen LogP) is 1.44. The number of amides is 1. The van der Waals surface area contributed by atoms with Gasteiger partial charge < -0.3 is 15.5 Å². The summed E-state index contributed by atoms with van der Waals surface area (Å²) < 4.78 is 0. The Bertz CT molecular complexity index is 479. The summed E-state index contributed by atoms with van der Waals surface area (Å²) in [6.45, 7) is 3.72. The van der Waals surface area contributed by atoms with Gasteiger partial charge in [0.15, 0.2) is 0 Å². The van der Waals surface area contributed by atoms with Gasteiger partial charge >= 0.3 is 0 Å². The first-order valence-corrected chi connectivity index (χ1v) is 8.04. The Kier molecular flexibility index (Phi) is 4.70. The van der Waals surface area contributed by atoms with Crippen LogP contribution in [-0.2, 0) is 11.3 Å². The van der Waals surface area contributed by atoms with Crippen LogP contribution in [0, 0.1) is 0 Å². The van der Waals surface area contributed by atoms with Crippen LogP contribution in [0.5, 0.6) is 0 Å². The van der Waals surface area contributed by atoms with Gasteiger partial charge in [-0.3, -0.25) is 4.79 Å². The van der Waals surface area contributed by atoms with Crippen molar-refractivity contribution in [2.24, 2.45) is 0 Å². The van der Waals surface area contributed by atoms with E-state index < -0.39 is 0 Å². The Balaban J connectivity index is 1.54. The average molecular weight is 288 g/mol. The zero-order valence-electron chi connectivity index (χ0n) is 12.5. The normalized spacial score (nSPS) is 22.3. The van der Waals surface area contributed by atoms with E-state index in [9.17, 15) is 4.79 Å². The van der Waals surface area contributed by atoms with Crippen LogP contribution in [0.2, 0.25) is 0 Å². The Morgan fingerprint density at radius 3 is 2.95 bits per heavy atom. The molecule has 2 fully saturated rings. The molecule has 0 radical (unpaired) electrons. The van der Waals surface area contributed by atoms with Crippen molar-refractivity contribution in [3.05, 3.63) is 23.9 Å². The fourth-order valence-electron chi connectivity index (χ4n) is 3.08. The lowest BCUT2D eigenvalue weighted by molar-refractivity contribution is -0.123. The Hall–Kier alpha value is -1.62.